The van der Waals surface area contributed by atoms with E-state index < -0.39 is 0 Å². The van der Waals surface area contributed by atoms with Gasteiger partial charge in [0.15, 0.2) is 5.65 Å². The highest BCUT2D eigenvalue weighted by molar-refractivity contribution is 6.29. The molecule has 2 N–H and O–H groups in total. The van der Waals surface area contributed by atoms with Crippen molar-refractivity contribution in [2.75, 3.05) is 31.1 Å². The maximum Gasteiger partial charge on any atom is 0.156 e. The zero-order valence-corrected chi connectivity index (χ0v) is 12.6. The van der Waals surface area contributed by atoms with Crippen molar-refractivity contribution in [2.24, 2.45) is 0 Å². The van der Waals surface area contributed by atoms with Crippen LogP contribution in [0.25, 0.3) is 22.4 Å². The number of hydrogen-bond acceptors (Lipinski definition) is 5. The van der Waals surface area contributed by atoms with Crippen LogP contribution in [0.15, 0.2) is 30.6 Å². The summed E-state index contributed by atoms with van der Waals surface area (Å²) in [6.45, 7) is 3.91. The Hall–Kier alpha value is -2.18. The second-order valence-electron chi connectivity index (χ2n) is 5.21. The van der Waals surface area contributed by atoms with E-state index in [4.69, 9.17) is 16.6 Å². The van der Waals surface area contributed by atoms with Crippen LogP contribution in [-0.2, 0) is 0 Å². The number of fused-ring (bicyclic) bond motifs is 1. The predicted octanol–water partition coefficient (Wildman–Crippen LogP) is 2.08. The lowest BCUT2D eigenvalue weighted by atomic mass is 10.2. The molecule has 22 heavy (non-hydrogen) atoms. The fraction of sp³-hybridized carbons (Fsp3) is 0.267. The van der Waals surface area contributed by atoms with Crippen LogP contribution in [-0.4, -0.2) is 46.1 Å². The Morgan fingerprint density at radius 2 is 2.00 bits per heavy atom. The summed E-state index contributed by atoms with van der Waals surface area (Å²) in [5.41, 5.74) is 3.26. The molecule has 0 spiro atoms. The first-order chi connectivity index (χ1) is 10.8. The molecule has 0 atom stereocenters. The second kappa shape index (κ2) is 5.55. The van der Waals surface area contributed by atoms with Crippen molar-refractivity contribution in [2.45, 2.75) is 0 Å². The van der Waals surface area contributed by atoms with Gasteiger partial charge in [-0.1, -0.05) is 17.7 Å². The Balaban J connectivity index is 1.76. The van der Waals surface area contributed by atoms with Gasteiger partial charge in [0.1, 0.15) is 16.5 Å². The third-order valence-electron chi connectivity index (χ3n) is 3.80. The van der Waals surface area contributed by atoms with Gasteiger partial charge in [0.05, 0.1) is 11.9 Å². The molecule has 0 amide bonds. The molecule has 0 saturated carbocycles. The molecule has 6 nitrogen and oxygen atoms in total. The van der Waals surface area contributed by atoms with E-state index in [2.05, 4.69) is 25.2 Å². The van der Waals surface area contributed by atoms with Gasteiger partial charge in [-0.25, -0.2) is 15.0 Å². The molecule has 1 aliphatic rings. The topological polar surface area (TPSA) is 69.7 Å². The zero-order valence-electron chi connectivity index (χ0n) is 11.9. The van der Waals surface area contributed by atoms with E-state index in [-0.39, 0.29) is 0 Å². The summed E-state index contributed by atoms with van der Waals surface area (Å²) < 4.78 is 0. The molecule has 4 heterocycles. The van der Waals surface area contributed by atoms with Crippen molar-refractivity contribution in [3.05, 3.63) is 35.7 Å². The van der Waals surface area contributed by atoms with Gasteiger partial charge in [-0.15, -0.1) is 0 Å². The van der Waals surface area contributed by atoms with Crippen LogP contribution in [0.2, 0.25) is 5.15 Å². The Bertz CT molecular complexity index is 809. The molecule has 1 fully saturated rings. The highest BCUT2D eigenvalue weighted by Gasteiger charge is 2.14. The number of rotatable bonds is 2. The number of nitrogens with one attached hydrogen (secondary N) is 2. The number of nitrogens with zero attached hydrogens (tertiary/aromatic N) is 4. The van der Waals surface area contributed by atoms with Crippen molar-refractivity contribution in [3.8, 4) is 11.3 Å². The Labute approximate surface area is 132 Å². The van der Waals surface area contributed by atoms with E-state index >= 15 is 0 Å². The van der Waals surface area contributed by atoms with Crippen LogP contribution in [0, 0.1) is 0 Å². The molecular formula is C15H15ClN6. The zero-order chi connectivity index (χ0) is 14.9. The molecule has 0 bridgehead atoms. The Morgan fingerprint density at radius 3 is 2.86 bits per heavy atom. The first kappa shape index (κ1) is 13.5. The van der Waals surface area contributed by atoms with Crippen molar-refractivity contribution >= 4 is 28.6 Å². The average Bonchev–Trinajstić information content (AvgIpc) is 2.99. The number of aromatic nitrogens is 4. The largest absolute Gasteiger partial charge is 0.354 e. The highest BCUT2D eigenvalue weighted by Crippen LogP contribution is 2.27. The predicted molar refractivity (Wildman–Crippen MR) is 87.2 cm³/mol. The molecule has 0 aliphatic carbocycles. The molecule has 7 heteroatoms. The van der Waals surface area contributed by atoms with Crippen molar-refractivity contribution in [3.63, 3.8) is 0 Å². The Morgan fingerprint density at radius 1 is 1.14 bits per heavy atom. The summed E-state index contributed by atoms with van der Waals surface area (Å²) in [4.78, 5) is 18.8. The molecule has 0 unspecified atom stereocenters. The smallest absolute Gasteiger partial charge is 0.156 e. The summed E-state index contributed by atoms with van der Waals surface area (Å²) in [6.07, 6.45) is 3.42. The van der Waals surface area contributed by atoms with E-state index in [0.29, 0.717) is 10.8 Å². The molecule has 0 aromatic carbocycles. The van der Waals surface area contributed by atoms with Crippen LogP contribution < -0.4 is 10.2 Å². The van der Waals surface area contributed by atoms with Crippen molar-refractivity contribution < 1.29 is 0 Å². The van der Waals surface area contributed by atoms with Gasteiger partial charge in [-0.05, 0) is 12.1 Å². The summed E-state index contributed by atoms with van der Waals surface area (Å²) >= 11 is 5.96. The summed E-state index contributed by atoms with van der Waals surface area (Å²) in [5, 5.41) is 3.73. The Kier molecular flexibility index (Phi) is 3.40. The standard InChI is InChI=1S/C15H15ClN6/c16-12-9-19-15-14(21-12)10(8-18-15)11-2-1-3-13(20-11)22-6-4-17-5-7-22/h1-3,8-9,17H,4-7H2,(H,18,19). The average molecular weight is 315 g/mol. The van der Waals surface area contributed by atoms with Crippen molar-refractivity contribution in [1.29, 1.82) is 0 Å². The highest BCUT2D eigenvalue weighted by atomic mass is 35.5. The first-order valence-electron chi connectivity index (χ1n) is 7.24. The number of H-pyrrole nitrogens is 1. The molecule has 3 aromatic rings. The number of piperazine rings is 1. The summed E-state index contributed by atoms with van der Waals surface area (Å²) in [5.74, 6) is 0.989. The summed E-state index contributed by atoms with van der Waals surface area (Å²) in [6, 6.07) is 6.05. The first-order valence-corrected chi connectivity index (χ1v) is 7.62. The normalized spacial score (nSPS) is 15.4. The molecule has 4 rings (SSSR count). The third-order valence-corrected chi connectivity index (χ3v) is 3.98. The number of aromatic amines is 1. The molecule has 112 valence electrons. The second-order valence-corrected chi connectivity index (χ2v) is 5.60. The van der Waals surface area contributed by atoms with Crippen LogP contribution in [0.1, 0.15) is 0 Å². The van der Waals surface area contributed by atoms with Gasteiger partial charge in [0.2, 0.25) is 0 Å². The molecular weight excluding hydrogens is 300 g/mol. The fourth-order valence-corrected chi connectivity index (χ4v) is 2.84. The van der Waals surface area contributed by atoms with Crippen LogP contribution in [0.5, 0.6) is 0 Å². The third kappa shape index (κ3) is 2.40. The minimum atomic E-state index is 0.381. The number of pyridine rings is 1. The van der Waals surface area contributed by atoms with E-state index in [1.807, 2.05) is 24.4 Å². The molecule has 1 saturated heterocycles. The molecule has 3 aromatic heterocycles. The maximum atomic E-state index is 5.96. The van der Waals surface area contributed by atoms with Gasteiger partial charge in [-0.3, -0.25) is 0 Å². The minimum absolute atomic E-state index is 0.381. The van der Waals surface area contributed by atoms with Crippen LogP contribution in [0.4, 0.5) is 5.82 Å². The number of hydrogen-bond donors (Lipinski definition) is 2. The van der Waals surface area contributed by atoms with Gasteiger partial charge in [0, 0.05) is 37.9 Å². The van der Waals surface area contributed by atoms with Gasteiger partial charge in [-0.2, -0.15) is 0 Å². The SMILES string of the molecule is Clc1cnc2[nH]cc(-c3cccc(N4CCNCC4)n3)c2n1. The van der Waals surface area contributed by atoms with Crippen LogP contribution in [0.3, 0.4) is 0 Å². The van der Waals surface area contributed by atoms with E-state index in [0.717, 1.165) is 48.8 Å². The van der Waals surface area contributed by atoms with Gasteiger partial charge >= 0.3 is 0 Å². The van der Waals surface area contributed by atoms with Crippen molar-refractivity contribution in [1.82, 2.24) is 25.3 Å². The molecule has 1 aliphatic heterocycles. The molecule has 0 radical (unpaired) electrons. The minimum Gasteiger partial charge on any atom is -0.354 e. The van der Waals surface area contributed by atoms with Gasteiger partial charge < -0.3 is 15.2 Å². The fourth-order valence-electron chi connectivity index (χ4n) is 2.71. The van der Waals surface area contributed by atoms with Gasteiger partial charge in [0.25, 0.3) is 0 Å². The van der Waals surface area contributed by atoms with E-state index in [9.17, 15) is 0 Å². The number of halogens is 1. The maximum absolute atomic E-state index is 5.96. The summed E-state index contributed by atoms with van der Waals surface area (Å²) in [7, 11) is 0. The van der Waals surface area contributed by atoms with E-state index in [1.54, 1.807) is 0 Å². The lowest BCUT2D eigenvalue weighted by Gasteiger charge is -2.28. The monoisotopic (exact) mass is 314 g/mol. The van der Waals surface area contributed by atoms with E-state index in [1.165, 1.54) is 6.20 Å². The lowest BCUT2D eigenvalue weighted by molar-refractivity contribution is 0.585. The quantitative estimate of drug-likeness (QED) is 0.758. The lowest BCUT2D eigenvalue weighted by Crippen LogP contribution is -2.43. The number of anilines is 1. The van der Waals surface area contributed by atoms with Crippen LogP contribution >= 0.6 is 11.6 Å².